The quantitative estimate of drug-likeness (QED) is 0.794. The van der Waals surface area contributed by atoms with Crippen molar-refractivity contribution in [1.29, 1.82) is 5.26 Å². The van der Waals surface area contributed by atoms with Crippen molar-refractivity contribution in [2.75, 3.05) is 11.5 Å². The van der Waals surface area contributed by atoms with Crippen LogP contribution < -0.4 is 0 Å². The molecular weight excluding hydrogens is 222 g/mol. The first kappa shape index (κ1) is 10.9. The van der Waals surface area contributed by atoms with E-state index in [-0.39, 0.29) is 12.2 Å². The summed E-state index contributed by atoms with van der Waals surface area (Å²) in [6, 6.07) is 2.40. The summed E-state index contributed by atoms with van der Waals surface area (Å²) in [5.41, 5.74) is -0.599. The van der Waals surface area contributed by atoms with Crippen molar-refractivity contribution < 1.29 is 9.84 Å². The van der Waals surface area contributed by atoms with Crippen molar-refractivity contribution in [2.24, 2.45) is 11.3 Å². The highest BCUT2D eigenvalue weighted by atomic mass is 32.2. The Morgan fingerprint density at radius 1 is 1.44 bits per heavy atom. The first-order chi connectivity index (χ1) is 7.76. The van der Waals surface area contributed by atoms with Crippen molar-refractivity contribution >= 4 is 11.8 Å². The van der Waals surface area contributed by atoms with Gasteiger partial charge in [-0.1, -0.05) is 0 Å². The molecule has 5 unspecified atom stereocenters. The standard InChI is InChI=1S/C12H17NO2S/c13-7-12(5-9-1-2-10(12)15-9)11(14)8-3-4-16-6-8/h8-11,14H,1-6H2. The SMILES string of the molecule is N#CC1(C(O)C2CCSC2)CC2CCC1O2. The van der Waals surface area contributed by atoms with E-state index in [4.69, 9.17) is 4.74 Å². The van der Waals surface area contributed by atoms with Crippen LogP contribution in [0.1, 0.15) is 25.7 Å². The van der Waals surface area contributed by atoms with Crippen LogP contribution in [-0.2, 0) is 4.74 Å². The maximum absolute atomic E-state index is 10.5. The zero-order valence-electron chi connectivity index (χ0n) is 9.26. The Morgan fingerprint density at radius 3 is 2.81 bits per heavy atom. The second-order valence-corrected chi connectivity index (χ2v) is 6.40. The molecule has 4 heteroatoms. The highest BCUT2D eigenvalue weighted by Gasteiger charge is 2.58. The molecule has 0 radical (unpaired) electrons. The van der Waals surface area contributed by atoms with Gasteiger partial charge >= 0.3 is 0 Å². The number of nitriles is 1. The van der Waals surface area contributed by atoms with Crippen molar-refractivity contribution in [1.82, 2.24) is 0 Å². The van der Waals surface area contributed by atoms with Gasteiger partial charge in [-0.05, 0) is 43.1 Å². The van der Waals surface area contributed by atoms with E-state index < -0.39 is 11.5 Å². The van der Waals surface area contributed by atoms with E-state index in [1.165, 1.54) is 0 Å². The van der Waals surface area contributed by atoms with E-state index in [0.717, 1.165) is 37.2 Å². The monoisotopic (exact) mass is 239 g/mol. The van der Waals surface area contributed by atoms with Crippen molar-refractivity contribution in [3.05, 3.63) is 0 Å². The molecule has 0 aromatic heterocycles. The molecule has 1 N–H and O–H groups in total. The van der Waals surface area contributed by atoms with Gasteiger partial charge in [0.2, 0.25) is 0 Å². The molecule has 3 heterocycles. The minimum absolute atomic E-state index is 0.0110. The normalized spacial score (nSPS) is 48.1. The van der Waals surface area contributed by atoms with E-state index in [1.807, 2.05) is 11.8 Å². The van der Waals surface area contributed by atoms with Gasteiger partial charge in [-0.2, -0.15) is 17.0 Å². The average molecular weight is 239 g/mol. The second kappa shape index (κ2) is 3.90. The summed E-state index contributed by atoms with van der Waals surface area (Å²) < 4.78 is 5.77. The number of aliphatic hydroxyl groups is 1. The highest BCUT2D eigenvalue weighted by molar-refractivity contribution is 7.99. The fraction of sp³-hybridized carbons (Fsp3) is 0.917. The summed E-state index contributed by atoms with van der Waals surface area (Å²) in [4.78, 5) is 0. The second-order valence-electron chi connectivity index (χ2n) is 5.25. The van der Waals surface area contributed by atoms with Crippen LogP contribution in [0, 0.1) is 22.7 Å². The van der Waals surface area contributed by atoms with Gasteiger partial charge < -0.3 is 9.84 Å². The number of rotatable bonds is 2. The number of nitrogens with zero attached hydrogens (tertiary/aromatic N) is 1. The van der Waals surface area contributed by atoms with E-state index in [0.29, 0.717) is 5.92 Å². The summed E-state index contributed by atoms with van der Waals surface area (Å²) in [5.74, 6) is 2.42. The minimum atomic E-state index is -0.599. The van der Waals surface area contributed by atoms with Gasteiger partial charge in [0.25, 0.3) is 0 Å². The Bertz CT molecular complexity index is 323. The first-order valence-electron chi connectivity index (χ1n) is 6.09. The van der Waals surface area contributed by atoms with E-state index >= 15 is 0 Å². The summed E-state index contributed by atoms with van der Waals surface area (Å²) in [7, 11) is 0. The van der Waals surface area contributed by atoms with E-state index in [2.05, 4.69) is 6.07 Å². The Morgan fingerprint density at radius 2 is 2.31 bits per heavy atom. The summed E-state index contributed by atoms with van der Waals surface area (Å²) in [6.07, 6.45) is 3.55. The maximum atomic E-state index is 10.5. The maximum Gasteiger partial charge on any atom is 0.112 e. The van der Waals surface area contributed by atoms with Crippen LogP contribution in [0.25, 0.3) is 0 Å². The summed E-state index contributed by atoms with van der Waals surface area (Å²) in [5, 5.41) is 20.0. The van der Waals surface area contributed by atoms with Gasteiger partial charge in [-0.15, -0.1) is 0 Å². The first-order valence-corrected chi connectivity index (χ1v) is 7.24. The van der Waals surface area contributed by atoms with Gasteiger partial charge in [0, 0.05) is 0 Å². The molecule has 0 spiro atoms. The fourth-order valence-corrected chi connectivity index (χ4v) is 4.75. The molecule has 88 valence electrons. The fourth-order valence-electron chi connectivity index (χ4n) is 3.46. The van der Waals surface area contributed by atoms with Gasteiger partial charge in [-0.3, -0.25) is 0 Å². The topological polar surface area (TPSA) is 53.2 Å². The Balaban J connectivity index is 1.82. The van der Waals surface area contributed by atoms with Crippen LogP contribution in [0.2, 0.25) is 0 Å². The van der Waals surface area contributed by atoms with Gasteiger partial charge in [-0.25, -0.2) is 0 Å². The molecule has 3 nitrogen and oxygen atoms in total. The molecule has 3 aliphatic rings. The van der Waals surface area contributed by atoms with Crippen molar-refractivity contribution in [2.45, 2.75) is 44.0 Å². The lowest BCUT2D eigenvalue weighted by molar-refractivity contribution is -0.0217. The average Bonchev–Trinajstić information content (AvgIpc) is 3.03. The number of fused-ring (bicyclic) bond motifs is 2. The van der Waals surface area contributed by atoms with Crippen molar-refractivity contribution in [3.8, 4) is 6.07 Å². The lowest BCUT2D eigenvalue weighted by atomic mass is 9.67. The third kappa shape index (κ3) is 1.42. The van der Waals surface area contributed by atoms with Gasteiger partial charge in [0.1, 0.15) is 5.41 Å². The molecule has 0 saturated carbocycles. The Hall–Kier alpha value is -0.240. The van der Waals surface area contributed by atoms with Gasteiger partial charge in [0.05, 0.1) is 24.4 Å². The van der Waals surface area contributed by atoms with Crippen LogP contribution >= 0.6 is 11.8 Å². The number of thioether (sulfide) groups is 1. The molecule has 3 fully saturated rings. The predicted octanol–water partition coefficient (Wildman–Crippen LogP) is 1.56. The highest BCUT2D eigenvalue weighted by Crippen LogP contribution is 2.52. The van der Waals surface area contributed by atoms with Crippen LogP contribution in [-0.4, -0.2) is 34.9 Å². The number of hydrogen-bond acceptors (Lipinski definition) is 4. The summed E-state index contributed by atoms with van der Waals surface area (Å²) >= 11 is 1.89. The smallest absolute Gasteiger partial charge is 0.112 e. The predicted molar refractivity (Wildman–Crippen MR) is 62.0 cm³/mol. The van der Waals surface area contributed by atoms with E-state index in [9.17, 15) is 10.4 Å². The Kier molecular flexibility index (Phi) is 2.66. The zero-order valence-corrected chi connectivity index (χ0v) is 10.1. The molecule has 3 rings (SSSR count). The van der Waals surface area contributed by atoms with Crippen molar-refractivity contribution in [3.63, 3.8) is 0 Å². The third-order valence-corrected chi connectivity index (χ3v) is 5.58. The van der Waals surface area contributed by atoms with E-state index in [1.54, 1.807) is 0 Å². The van der Waals surface area contributed by atoms with Gasteiger partial charge in [0.15, 0.2) is 0 Å². The molecule has 0 aliphatic carbocycles. The zero-order chi connectivity index (χ0) is 11.2. The molecule has 2 bridgehead atoms. The molecule has 5 atom stereocenters. The number of aliphatic hydroxyl groups excluding tert-OH is 1. The lowest BCUT2D eigenvalue weighted by Gasteiger charge is -2.35. The molecular formula is C12H17NO2S. The largest absolute Gasteiger partial charge is 0.391 e. The molecule has 16 heavy (non-hydrogen) atoms. The third-order valence-electron chi connectivity index (χ3n) is 4.39. The Labute approximate surface area is 100 Å². The minimum Gasteiger partial charge on any atom is -0.391 e. The molecule has 0 aromatic carbocycles. The molecule has 0 aromatic rings. The van der Waals surface area contributed by atoms with Crippen LogP contribution in [0.4, 0.5) is 0 Å². The summed E-state index contributed by atoms with van der Waals surface area (Å²) in [6.45, 7) is 0. The lowest BCUT2D eigenvalue weighted by Crippen LogP contribution is -2.46. The molecule has 0 amide bonds. The number of ether oxygens (including phenoxy) is 1. The van der Waals surface area contributed by atoms with Crippen LogP contribution in [0.15, 0.2) is 0 Å². The molecule has 3 aliphatic heterocycles. The molecule has 3 saturated heterocycles. The van der Waals surface area contributed by atoms with Crippen LogP contribution in [0.5, 0.6) is 0 Å². The number of hydrogen-bond donors (Lipinski definition) is 1. The van der Waals surface area contributed by atoms with Crippen LogP contribution in [0.3, 0.4) is 0 Å².